The van der Waals surface area contributed by atoms with Crippen molar-refractivity contribution >= 4 is 11.8 Å². The van der Waals surface area contributed by atoms with Crippen LogP contribution in [0.25, 0.3) is 0 Å². The van der Waals surface area contributed by atoms with Gasteiger partial charge >= 0.3 is 0 Å². The molecule has 3 heterocycles. The largest absolute Gasteiger partial charge is 0.338 e. The van der Waals surface area contributed by atoms with Crippen molar-refractivity contribution in [3.05, 3.63) is 59.2 Å². The van der Waals surface area contributed by atoms with E-state index in [0.717, 1.165) is 42.9 Å². The summed E-state index contributed by atoms with van der Waals surface area (Å²) in [6, 6.07) is 9.31. The molecule has 2 amide bonds. The molecule has 1 atom stereocenters. The van der Waals surface area contributed by atoms with E-state index in [0.29, 0.717) is 18.7 Å². The molecular weight excluding hydrogens is 328 g/mol. The Morgan fingerprint density at radius 1 is 1.15 bits per heavy atom. The summed E-state index contributed by atoms with van der Waals surface area (Å²) >= 11 is 0. The summed E-state index contributed by atoms with van der Waals surface area (Å²) in [5.74, 6) is 0.842. The lowest BCUT2D eigenvalue weighted by Gasteiger charge is -2.28. The van der Waals surface area contributed by atoms with Gasteiger partial charge in [0.1, 0.15) is 0 Å². The third-order valence-electron chi connectivity index (χ3n) is 5.23. The minimum Gasteiger partial charge on any atom is -0.338 e. The van der Waals surface area contributed by atoms with Gasteiger partial charge in [0.25, 0.3) is 5.91 Å². The van der Waals surface area contributed by atoms with Crippen molar-refractivity contribution in [2.45, 2.75) is 38.8 Å². The third-order valence-corrected chi connectivity index (χ3v) is 5.23. The van der Waals surface area contributed by atoms with Gasteiger partial charge in [0.15, 0.2) is 5.82 Å². The molecule has 26 heavy (non-hydrogen) atoms. The first-order valence-corrected chi connectivity index (χ1v) is 9.09. The molecule has 2 aliphatic heterocycles. The van der Waals surface area contributed by atoms with E-state index in [4.69, 9.17) is 4.98 Å². The number of hydrogen-bond acceptors (Lipinski definition) is 4. The van der Waals surface area contributed by atoms with Gasteiger partial charge in [0.2, 0.25) is 5.91 Å². The van der Waals surface area contributed by atoms with Crippen molar-refractivity contribution in [1.29, 1.82) is 0 Å². The summed E-state index contributed by atoms with van der Waals surface area (Å²) in [6.45, 7) is 3.58. The van der Waals surface area contributed by atoms with Crippen LogP contribution in [0.2, 0.25) is 0 Å². The fourth-order valence-electron chi connectivity index (χ4n) is 3.79. The Morgan fingerprint density at radius 2 is 1.96 bits per heavy atom. The molecule has 0 aliphatic carbocycles. The second-order valence-corrected chi connectivity index (χ2v) is 6.91. The highest BCUT2D eigenvalue weighted by Crippen LogP contribution is 2.32. The second-order valence-electron chi connectivity index (χ2n) is 6.91. The molecule has 1 aromatic heterocycles. The van der Waals surface area contributed by atoms with Gasteiger partial charge in [-0.15, -0.1) is 0 Å². The van der Waals surface area contributed by atoms with Gasteiger partial charge in [0.05, 0.1) is 11.7 Å². The number of benzene rings is 1. The zero-order valence-corrected chi connectivity index (χ0v) is 14.9. The van der Waals surface area contributed by atoms with Crippen LogP contribution in [0.5, 0.6) is 0 Å². The number of fused-ring (bicyclic) bond motifs is 1. The maximum Gasteiger partial charge on any atom is 0.254 e. The molecule has 0 saturated carbocycles. The molecule has 0 unspecified atom stereocenters. The first-order valence-electron chi connectivity index (χ1n) is 9.09. The number of carbonyl (C=O) groups is 2. The summed E-state index contributed by atoms with van der Waals surface area (Å²) in [7, 11) is 0. The van der Waals surface area contributed by atoms with E-state index in [9.17, 15) is 9.59 Å². The molecule has 6 heteroatoms. The molecule has 0 radical (unpaired) electrons. The van der Waals surface area contributed by atoms with Crippen LogP contribution in [0.4, 0.5) is 0 Å². The van der Waals surface area contributed by atoms with E-state index in [1.807, 2.05) is 46.3 Å². The molecule has 0 bridgehead atoms. The van der Waals surface area contributed by atoms with Crippen LogP contribution < -0.4 is 0 Å². The maximum absolute atomic E-state index is 12.9. The van der Waals surface area contributed by atoms with Gasteiger partial charge in [-0.05, 0) is 25.0 Å². The van der Waals surface area contributed by atoms with E-state index in [2.05, 4.69) is 4.98 Å². The SMILES string of the molecule is CC(=O)N1CCc2nc([C@H]3CCCN3C(=O)c3ccccc3)ncc2C1. The Kier molecular flexibility index (Phi) is 4.41. The lowest BCUT2D eigenvalue weighted by molar-refractivity contribution is -0.129. The number of nitrogens with zero attached hydrogens (tertiary/aromatic N) is 4. The normalized spacial score (nSPS) is 19.3. The molecule has 6 nitrogen and oxygen atoms in total. The number of rotatable bonds is 2. The van der Waals surface area contributed by atoms with E-state index in [1.54, 1.807) is 6.92 Å². The smallest absolute Gasteiger partial charge is 0.254 e. The quantitative estimate of drug-likeness (QED) is 0.834. The fourth-order valence-corrected chi connectivity index (χ4v) is 3.79. The number of amides is 2. The molecule has 0 spiro atoms. The summed E-state index contributed by atoms with van der Waals surface area (Å²) in [4.78, 5) is 37.5. The van der Waals surface area contributed by atoms with Gasteiger partial charge in [-0.1, -0.05) is 18.2 Å². The standard InChI is InChI=1S/C20H22N4O2/c1-14(25)23-11-9-17-16(13-23)12-21-19(22-17)18-8-5-10-24(18)20(26)15-6-3-2-4-7-15/h2-4,6-7,12,18H,5,8-11,13H2,1H3/t18-/m1/s1. The average molecular weight is 350 g/mol. The molecule has 1 fully saturated rings. The van der Waals surface area contributed by atoms with Crippen LogP contribution in [-0.4, -0.2) is 44.7 Å². The van der Waals surface area contributed by atoms with Crippen molar-refractivity contribution < 1.29 is 9.59 Å². The van der Waals surface area contributed by atoms with Crippen molar-refractivity contribution in [1.82, 2.24) is 19.8 Å². The predicted molar refractivity (Wildman–Crippen MR) is 96.3 cm³/mol. The summed E-state index contributed by atoms with van der Waals surface area (Å²) in [5, 5.41) is 0. The molecule has 2 aliphatic rings. The Morgan fingerprint density at radius 3 is 2.73 bits per heavy atom. The molecule has 4 rings (SSSR count). The van der Waals surface area contributed by atoms with Crippen LogP contribution in [0.15, 0.2) is 36.5 Å². The van der Waals surface area contributed by atoms with Crippen molar-refractivity contribution in [2.24, 2.45) is 0 Å². The van der Waals surface area contributed by atoms with Gasteiger partial charge in [0, 0.05) is 50.3 Å². The van der Waals surface area contributed by atoms with Crippen LogP contribution in [-0.2, 0) is 17.8 Å². The molecule has 1 saturated heterocycles. The summed E-state index contributed by atoms with van der Waals surface area (Å²) in [6.07, 6.45) is 4.42. The average Bonchev–Trinajstić information content (AvgIpc) is 3.17. The second kappa shape index (κ2) is 6.86. The molecule has 1 aromatic carbocycles. The highest BCUT2D eigenvalue weighted by molar-refractivity contribution is 5.94. The highest BCUT2D eigenvalue weighted by atomic mass is 16.2. The zero-order valence-electron chi connectivity index (χ0n) is 14.9. The van der Waals surface area contributed by atoms with Gasteiger partial charge in [-0.25, -0.2) is 9.97 Å². The lowest BCUT2D eigenvalue weighted by atomic mass is 10.1. The Bertz CT molecular complexity index is 837. The van der Waals surface area contributed by atoms with E-state index >= 15 is 0 Å². The summed E-state index contributed by atoms with van der Waals surface area (Å²) in [5.41, 5.74) is 2.72. The molecule has 0 N–H and O–H groups in total. The minimum atomic E-state index is -0.0705. The number of hydrogen-bond donors (Lipinski definition) is 0. The highest BCUT2D eigenvalue weighted by Gasteiger charge is 2.33. The molecule has 134 valence electrons. The Labute approximate surface area is 152 Å². The van der Waals surface area contributed by atoms with Crippen molar-refractivity contribution in [3.63, 3.8) is 0 Å². The van der Waals surface area contributed by atoms with Crippen molar-refractivity contribution in [3.8, 4) is 0 Å². The number of aromatic nitrogens is 2. The van der Waals surface area contributed by atoms with Crippen LogP contribution in [0.3, 0.4) is 0 Å². The third kappa shape index (κ3) is 3.07. The van der Waals surface area contributed by atoms with Crippen molar-refractivity contribution in [2.75, 3.05) is 13.1 Å². The van der Waals surface area contributed by atoms with Gasteiger partial charge < -0.3 is 9.80 Å². The van der Waals surface area contributed by atoms with Gasteiger partial charge in [-0.2, -0.15) is 0 Å². The Hall–Kier alpha value is -2.76. The molecular formula is C20H22N4O2. The minimum absolute atomic E-state index is 0.0391. The number of likely N-dealkylation sites (tertiary alicyclic amines) is 1. The summed E-state index contributed by atoms with van der Waals surface area (Å²) < 4.78 is 0. The van der Waals surface area contributed by atoms with Gasteiger partial charge in [-0.3, -0.25) is 9.59 Å². The fraction of sp³-hybridized carbons (Fsp3) is 0.400. The van der Waals surface area contributed by atoms with E-state index in [1.165, 1.54) is 0 Å². The van der Waals surface area contributed by atoms with Crippen LogP contribution >= 0.6 is 0 Å². The first kappa shape index (κ1) is 16.7. The first-order chi connectivity index (χ1) is 12.6. The van der Waals surface area contributed by atoms with E-state index in [-0.39, 0.29) is 17.9 Å². The maximum atomic E-state index is 12.9. The van der Waals surface area contributed by atoms with E-state index < -0.39 is 0 Å². The topological polar surface area (TPSA) is 66.4 Å². The predicted octanol–water partition coefficient (Wildman–Crippen LogP) is 2.36. The number of carbonyl (C=O) groups excluding carboxylic acids is 2. The Balaban J connectivity index is 1.57. The lowest BCUT2D eigenvalue weighted by Crippen LogP contribution is -2.36. The van der Waals surface area contributed by atoms with Crippen LogP contribution in [0, 0.1) is 0 Å². The zero-order chi connectivity index (χ0) is 18.1. The molecule has 2 aromatic rings. The monoisotopic (exact) mass is 350 g/mol. The van der Waals surface area contributed by atoms with Crippen LogP contribution in [0.1, 0.15) is 53.2 Å².